The Kier molecular flexibility index (Phi) is 3.54. The van der Waals surface area contributed by atoms with Crippen molar-refractivity contribution in [3.05, 3.63) is 64.0 Å². The molecule has 1 heterocycles. The van der Waals surface area contributed by atoms with E-state index in [1.807, 2.05) is 35.0 Å². The van der Waals surface area contributed by atoms with Crippen LogP contribution in [0.15, 0.2) is 46.9 Å². The van der Waals surface area contributed by atoms with E-state index in [1.165, 1.54) is 6.07 Å². The number of rotatable bonds is 3. The van der Waals surface area contributed by atoms with Crippen LogP contribution in [0.5, 0.6) is 0 Å². The second-order valence-corrected chi connectivity index (χ2v) is 5.33. The Morgan fingerprint density at radius 3 is 2.75 bits per heavy atom. The maximum Gasteiger partial charge on any atom is 0.137 e. The second-order valence-electron chi connectivity index (χ2n) is 4.54. The van der Waals surface area contributed by atoms with Crippen molar-refractivity contribution in [2.24, 2.45) is 5.73 Å². The fraction of sp³-hybridized carbons (Fsp3) is 0.133. The molecule has 0 saturated heterocycles. The number of nitrogens with zero attached hydrogens (tertiary/aromatic N) is 2. The van der Waals surface area contributed by atoms with Gasteiger partial charge in [-0.15, -0.1) is 0 Å². The highest BCUT2D eigenvalue weighted by molar-refractivity contribution is 9.10. The first-order valence-electron chi connectivity index (χ1n) is 6.28. The summed E-state index contributed by atoms with van der Waals surface area (Å²) in [6, 6.07) is 12.9. The van der Waals surface area contributed by atoms with Crippen LogP contribution in [-0.4, -0.2) is 9.78 Å². The lowest BCUT2D eigenvalue weighted by molar-refractivity contribution is 0.612. The van der Waals surface area contributed by atoms with Gasteiger partial charge in [-0.05, 0) is 33.6 Å². The number of hydrogen-bond donors (Lipinski definition) is 1. The quantitative estimate of drug-likeness (QED) is 0.797. The Morgan fingerprint density at radius 2 is 1.95 bits per heavy atom. The first kappa shape index (κ1) is 13.3. The molecule has 0 unspecified atom stereocenters. The molecule has 0 amide bonds. The van der Waals surface area contributed by atoms with E-state index in [1.54, 1.807) is 6.07 Å². The summed E-state index contributed by atoms with van der Waals surface area (Å²) in [6.07, 6.45) is 0. The summed E-state index contributed by atoms with van der Waals surface area (Å²) in [5.74, 6) is -0.266. The zero-order valence-electron chi connectivity index (χ0n) is 10.7. The number of benzene rings is 2. The van der Waals surface area contributed by atoms with Crippen LogP contribution >= 0.6 is 15.9 Å². The summed E-state index contributed by atoms with van der Waals surface area (Å²) in [7, 11) is 0. The number of fused-ring (bicyclic) bond motifs is 1. The molecule has 1 aromatic heterocycles. The molecule has 3 nitrogen and oxygen atoms in total. The van der Waals surface area contributed by atoms with Crippen LogP contribution in [0.2, 0.25) is 0 Å². The fourth-order valence-corrected chi connectivity index (χ4v) is 2.69. The van der Waals surface area contributed by atoms with E-state index in [4.69, 9.17) is 5.73 Å². The Labute approximate surface area is 124 Å². The first-order chi connectivity index (χ1) is 9.70. The summed E-state index contributed by atoms with van der Waals surface area (Å²) < 4.78 is 15.9. The molecule has 0 spiro atoms. The highest BCUT2D eigenvalue weighted by Crippen LogP contribution is 2.24. The summed E-state index contributed by atoms with van der Waals surface area (Å²) in [4.78, 5) is 0. The number of nitrogens with two attached hydrogens (primary N) is 1. The van der Waals surface area contributed by atoms with Gasteiger partial charge in [0.05, 0.1) is 22.2 Å². The number of halogens is 2. The van der Waals surface area contributed by atoms with Crippen LogP contribution in [0.1, 0.15) is 11.3 Å². The van der Waals surface area contributed by atoms with E-state index >= 15 is 0 Å². The average molecular weight is 334 g/mol. The summed E-state index contributed by atoms with van der Waals surface area (Å²) in [5, 5.41) is 5.57. The fourth-order valence-electron chi connectivity index (χ4n) is 2.30. The Bertz CT molecular complexity index is 767. The molecule has 0 saturated carbocycles. The van der Waals surface area contributed by atoms with Gasteiger partial charge in [0.15, 0.2) is 0 Å². The maximum atomic E-state index is 13.6. The molecule has 0 fully saturated rings. The standard InChI is InChI=1S/C15H13BrFN3/c16-15-10(4-3-6-12(15)17)9-20-14-7-2-1-5-11(14)13(8-18)19-20/h1-7H,8-9,18H2. The molecule has 2 aromatic carbocycles. The third-order valence-electron chi connectivity index (χ3n) is 3.28. The zero-order chi connectivity index (χ0) is 14.1. The van der Waals surface area contributed by atoms with Crippen molar-refractivity contribution in [3.63, 3.8) is 0 Å². The molecular weight excluding hydrogens is 321 g/mol. The van der Waals surface area contributed by atoms with E-state index in [0.29, 0.717) is 17.6 Å². The topological polar surface area (TPSA) is 43.8 Å². The third kappa shape index (κ3) is 2.23. The number of hydrogen-bond acceptors (Lipinski definition) is 2. The SMILES string of the molecule is NCc1nn(Cc2cccc(F)c2Br)c2ccccc12. The van der Waals surface area contributed by atoms with Crippen LogP contribution in [0, 0.1) is 5.82 Å². The predicted octanol–water partition coefficient (Wildman–Crippen LogP) is 3.44. The molecule has 3 rings (SSSR count). The molecular formula is C15H13BrFN3. The molecule has 2 N–H and O–H groups in total. The smallest absolute Gasteiger partial charge is 0.137 e. The van der Waals surface area contributed by atoms with E-state index in [-0.39, 0.29) is 5.82 Å². The molecule has 0 aliphatic rings. The van der Waals surface area contributed by atoms with Crippen molar-refractivity contribution in [2.45, 2.75) is 13.1 Å². The largest absolute Gasteiger partial charge is 0.325 e. The molecule has 0 radical (unpaired) electrons. The third-order valence-corrected chi connectivity index (χ3v) is 4.17. The van der Waals surface area contributed by atoms with Crippen LogP contribution in [0.25, 0.3) is 10.9 Å². The molecule has 5 heteroatoms. The predicted molar refractivity (Wildman–Crippen MR) is 80.8 cm³/mol. The van der Waals surface area contributed by atoms with Gasteiger partial charge in [0.1, 0.15) is 5.82 Å². The van der Waals surface area contributed by atoms with E-state index in [9.17, 15) is 4.39 Å². The second kappa shape index (κ2) is 5.34. The molecule has 20 heavy (non-hydrogen) atoms. The zero-order valence-corrected chi connectivity index (χ0v) is 12.3. The van der Waals surface area contributed by atoms with Gasteiger partial charge < -0.3 is 5.73 Å². The van der Waals surface area contributed by atoms with Crippen LogP contribution < -0.4 is 5.73 Å². The summed E-state index contributed by atoms with van der Waals surface area (Å²) >= 11 is 3.28. The first-order valence-corrected chi connectivity index (χ1v) is 7.07. The minimum atomic E-state index is -0.266. The van der Waals surface area contributed by atoms with E-state index in [0.717, 1.165) is 22.2 Å². The van der Waals surface area contributed by atoms with Crippen LogP contribution in [0.3, 0.4) is 0 Å². The Hall–Kier alpha value is -1.72. The van der Waals surface area contributed by atoms with E-state index < -0.39 is 0 Å². The summed E-state index contributed by atoms with van der Waals surface area (Å²) in [5.41, 5.74) is 8.44. The van der Waals surface area contributed by atoms with Gasteiger partial charge in [-0.3, -0.25) is 4.68 Å². The molecule has 102 valence electrons. The Morgan fingerprint density at radius 1 is 1.15 bits per heavy atom. The van der Waals surface area contributed by atoms with Gasteiger partial charge in [-0.1, -0.05) is 30.3 Å². The van der Waals surface area contributed by atoms with Crippen LogP contribution in [0.4, 0.5) is 4.39 Å². The van der Waals surface area contributed by atoms with E-state index in [2.05, 4.69) is 21.0 Å². The van der Waals surface area contributed by atoms with Crippen LogP contribution in [-0.2, 0) is 13.1 Å². The van der Waals surface area contributed by atoms with Crippen molar-refractivity contribution < 1.29 is 4.39 Å². The molecule has 0 aliphatic heterocycles. The van der Waals surface area contributed by atoms with Gasteiger partial charge in [-0.2, -0.15) is 5.10 Å². The van der Waals surface area contributed by atoms with Gasteiger partial charge in [0.2, 0.25) is 0 Å². The lowest BCUT2D eigenvalue weighted by Crippen LogP contribution is -2.05. The van der Waals surface area contributed by atoms with Gasteiger partial charge in [0.25, 0.3) is 0 Å². The maximum absolute atomic E-state index is 13.6. The number of aromatic nitrogens is 2. The van der Waals surface area contributed by atoms with Gasteiger partial charge in [-0.25, -0.2) is 4.39 Å². The molecule has 3 aromatic rings. The van der Waals surface area contributed by atoms with Crippen molar-refractivity contribution in [1.82, 2.24) is 9.78 Å². The Balaban J connectivity index is 2.09. The lowest BCUT2D eigenvalue weighted by atomic mass is 10.2. The highest BCUT2D eigenvalue weighted by Gasteiger charge is 2.11. The van der Waals surface area contributed by atoms with Gasteiger partial charge >= 0.3 is 0 Å². The molecule has 0 atom stereocenters. The average Bonchev–Trinajstić information content (AvgIpc) is 2.82. The van der Waals surface area contributed by atoms with Crippen molar-refractivity contribution >= 4 is 26.8 Å². The minimum Gasteiger partial charge on any atom is -0.325 e. The van der Waals surface area contributed by atoms with Gasteiger partial charge in [0, 0.05) is 11.9 Å². The minimum absolute atomic E-state index is 0.266. The van der Waals surface area contributed by atoms with Crippen molar-refractivity contribution in [1.29, 1.82) is 0 Å². The summed E-state index contributed by atoms with van der Waals surface area (Å²) in [6.45, 7) is 0.886. The molecule has 0 bridgehead atoms. The lowest BCUT2D eigenvalue weighted by Gasteiger charge is -2.06. The normalized spacial score (nSPS) is 11.2. The van der Waals surface area contributed by atoms with Crippen molar-refractivity contribution in [2.75, 3.05) is 0 Å². The highest BCUT2D eigenvalue weighted by atomic mass is 79.9. The monoisotopic (exact) mass is 333 g/mol. The number of para-hydroxylation sites is 1. The molecule has 0 aliphatic carbocycles. The van der Waals surface area contributed by atoms with Crippen molar-refractivity contribution in [3.8, 4) is 0 Å².